The second-order valence-corrected chi connectivity index (χ2v) is 25.6. The highest BCUT2D eigenvalue weighted by atomic mass is 32.2. The molecule has 11 heteroatoms. The Morgan fingerprint density at radius 3 is 1.66 bits per heavy atom. The molecule has 348 valence electrons. The third-order valence-corrected chi connectivity index (χ3v) is 22.1. The van der Waals surface area contributed by atoms with E-state index in [9.17, 15) is 33.3 Å². The molecular formula is C50H83NO9S. The molecule has 0 radical (unpaired) electrons. The summed E-state index contributed by atoms with van der Waals surface area (Å²) >= 11 is 0. The molecule has 0 aliphatic heterocycles. The molecule has 0 spiro atoms. The van der Waals surface area contributed by atoms with Gasteiger partial charge in [-0.1, -0.05) is 41.5 Å². The van der Waals surface area contributed by atoms with Crippen LogP contribution in [0.5, 0.6) is 0 Å². The summed E-state index contributed by atoms with van der Waals surface area (Å²) in [6, 6.07) is 0. The minimum atomic E-state index is -4.10. The molecule has 8 fully saturated rings. The lowest BCUT2D eigenvalue weighted by Gasteiger charge is -2.62. The molecule has 8 rings (SSSR count). The van der Waals surface area contributed by atoms with Crippen molar-refractivity contribution in [1.82, 2.24) is 5.32 Å². The molecule has 8 aliphatic carbocycles. The summed E-state index contributed by atoms with van der Waals surface area (Å²) in [7, 11) is -4.10. The topological polar surface area (TPSA) is 170 Å². The van der Waals surface area contributed by atoms with Crippen LogP contribution < -0.4 is 5.32 Å². The Balaban J connectivity index is 0.817. The van der Waals surface area contributed by atoms with Crippen LogP contribution in [-0.2, 0) is 24.4 Å². The molecule has 5 N–H and O–H groups in total. The molecule has 0 aromatic carbocycles. The van der Waals surface area contributed by atoms with Gasteiger partial charge in [0, 0.05) is 19.4 Å². The third-order valence-electron chi connectivity index (χ3n) is 21.4. The van der Waals surface area contributed by atoms with Gasteiger partial charge in [0.15, 0.2) is 0 Å². The number of hydrogen-bond acceptors (Lipinski definition) is 8. The molecular weight excluding hydrogens is 791 g/mol. The molecule has 0 bridgehead atoms. The Morgan fingerprint density at radius 2 is 1.11 bits per heavy atom. The molecule has 0 aromatic heterocycles. The van der Waals surface area contributed by atoms with Crippen molar-refractivity contribution in [3.63, 3.8) is 0 Å². The number of carbonyl (C=O) groups excluding carboxylic acids is 2. The second kappa shape index (κ2) is 17.2. The zero-order valence-corrected chi connectivity index (χ0v) is 39.3. The fraction of sp³-hybridized carbons (Fsp3) is 0.960. The first-order chi connectivity index (χ1) is 28.7. The maximum atomic E-state index is 13.6. The third kappa shape index (κ3) is 8.43. The normalized spacial score (nSPS) is 48.9. The van der Waals surface area contributed by atoms with E-state index in [4.69, 9.17) is 9.29 Å². The van der Waals surface area contributed by atoms with Crippen molar-refractivity contribution in [2.45, 2.75) is 194 Å². The first-order valence-electron chi connectivity index (χ1n) is 25.1. The van der Waals surface area contributed by atoms with Gasteiger partial charge in [-0.25, -0.2) is 0 Å². The van der Waals surface area contributed by atoms with Crippen LogP contribution in [0.25, 0.3) is 0 Å². The predicted octanol–water partition coefficient (Wildman–Crippen LogP) is 8.36. The molecule has 1 amide bonds. The van der Waals surface area contributed by atoms with Gasteiger partial charge in [0.05, 0.1) is 24.1 Å². The molecule has 10 nitrogen and oxygen atoms in total. The van der Waals surface area contributed by atoms with E-state index in [2.05, 4.69) is 46.9 Å². The first-order valence-corrected chi connectivity index (χ1v) is 26.7. The van der Waals surface area contributed by atoms with E-state index < -0.39 is 15.9 Å². The maximum absolute atomic E-state index is 13.6. The van der Waals surface area contributed by atoms with E-state index in [1.54, 1.807) is 0 Å². The van der Waals surface area contributed by atoms with E-state index >= 15 is 0 Å². The van der Waals surface area contributed by atoms with Gasteiger partial charge in [0.2, 0.25) is 5.91 Å². The predicted molar refractivity (Wildman–Crippen MR) is 235 cm³/mol. The van der Waals surface area contributed by atoms with Crippen LogP contribution in [0.1, 0.15) is 170 Å². The lowest BCUT2D eigenvalue weighted by molar-refractivity contribution is -0.183. The quantitative estimate of drug-likeness (QED) is 0.0956. The van der Waals surface area contributed by atoms with Crippen molar-refractivity contribution in [3.05, 3.63) is 0 Å². The number of hydrogen-bond donors (Lipinski definition) is 5. The number of nitrogens with one attached hydrogen (secondary N) is 1. The van der Waals surface area contributed by atoms with Gasteiger partial charge in [-0.2, -0.15) is 8.42 Å². The Kier molecular flexibility index (Phi) is 13.0. The minimum absolute atomic E-state index is 0.0608. The number of aliphatic hydroxyl groups is 3. The van der Waals surface area contributed by atoms with Crippen LogP contribution in [0.3, 0.4) is 0 Å². The summed E-state index contributed by atoms with van der Waals surface area (Å²) in [5, 5.41) is 36.8. The van der Waals surface area contributed by atoms with Crippen molar-refractivity contribution < 1.29 is 42.6 Å². The summed E-state index contributed by atoms with van der Waals surface area (Å²) in [6.07, 6.45) is 17.9. The molecule has 0 heterocycles. The standard InChI is InChI=1S/C50H83NO9S/c1-29(7-13-43(55)51-23-24-61(57,58)59)35-9-11-38-46-40(18-22-49(35,38)5)48(4)20-16-34(26-32(48)28-42(46)54)60-44(56)14-8-30(2)36-10-12-37-45-39(17-21-50(36,37)6)47(3)19-15-33(52)25-31(47)27-41(45)53/h29-42,45-46,52-54H,7-28H2,1-6H3,(H,51,55)(H,57,58,59)/t29-,30-,31+,32+,33-,34-,35-,36-,37+,38+,39+,40+,41+,42+,45+,46+,47+,48+,49-,50-/m1/s1. The Bertz CT molecular complexity index is 1720. The van der Waals surface area contributed by atoms with Crippen LogP contribution in [0.2, 0.25) is 0 Å². The molecule has 0 aromatic rings. The van der Waals surface area contributed by atoms with Crippen LogP contribution in [0.15, 0.2) is 0 Å². The summed E-state index contributed by atoms with van der Waals surface area (Å²) in [5.41, 5.74) is 0.669. The lowest BCUT2D eigenvalue weighted by Crippen LogP contribution is -2.58. The molecule has 61 heavy (non-hydrogen) atoms. The number of aliphatic hydroxyl groups excluding tert-OH is 3. The van der Waals surface area contributed by atoms with E-state index in [1.165, 1.54) is 25.7 Å². The second-order valence-electron chi connectivity index (χ2n) is 24.0. The average molecular weight is 874 g/mol. The largest absolute Gasteiger partial charge is 0.462 e. The van der Waals surface area contributed by atoms with Crippen molar-refractivity contribution in [3.8, 4) is 0 Å². The van der Waals surface area contributed by atoms with Crippen molar-refractivity contribution in [2.24, 2.45) is 92.7 Å². The fourth-order valence-electron chi connectivity index (χ4n) is 18.2. The minimum Gasteiger partial charge on any atom is -0.462 e. The number of amides is 1. The number of fused-ring (bicyclic) bond motifs is 10. The molecule has 20 atom stereocenters. The molecule has 0 saturated heterocycles. The molecule has 0 unspecified atom stereocenters. The number of carbonyl (C=O) groups is 2. The van der Waals surface area contributed by atoms with Crippen LogP contribution >= 0.6 is 0 Å². The fourth-order valence-corrected chi connectivity index (χ4v) is 18.6. The van der Waals surface area contributed by atoms with Crippen molar-refractivity contribution in [2.75, 3.05) is 12.3 Å². The highest BCUT2D eigenvalue weighted by Gasteiger charge is 2.65. The van der Waals surface area contributed by atoms with Crippen LogP contribution in [0, 0.1) is 92.7 Å². The first kappa shape index (κ1) is 46.3. The van der Waals surface area contributed by atoms with Crippen LogP contribution in [-0.4, -0.2) is 76.9 Å². The van der Waals surface area contributed by atoms with Gasteiger partial charge in [0.25, 0.3) is 10.1 Å². The van der Waals surface area contributed by atoms with Crippen LogP contribution in [0.4, 0.5) is 0 Å². The van der Waals surface area contributed by atoms with E-state index in [1.807, 2.05) is 0 Å². The Labute approximate surface area is 368 Å². The SMILES string of the molecule is C[C@H](CCC(=O)O[C@@H]1CC[C@@]2(C)[C@@H](C1)C[C@H](O)[C@@H]1[C@@H]2CC[C@]2(C)[C@@H]([C@H](C)CCC(=O)NCCS(=O)(=O)O)CC[C@@H]12)[C@H]1CC[C@H]2[C@@H]3[C@@H](O)C[C@@H]4C[C@H](O)CC[C@]4(C)[C@H]3CC[C@]12C. The highest BCUT2D eigenvalue weighted by molar-refractivity contribution is 7.85. The lowest BCUT2D eigenvalue weighted by atomic mass is 9.43. The van der Waals surface area contributed by atoms with Crippen molar-refractivity contribution in [1.29, 1.82) is 0 Å². The van der Waals surface area contributed by atoms with E-state index in [0.29, 0.717) is 77.9 Å². The monoisotopic (exact) mass is 874 g/mol. The summed E-state index contributed by atoms with van der Waals surface area (Å²) in [5.74, 6) is 4.46. The molecule has 8 aliphatic rings. The number of rotatable bonds is 12. The van der Waals surface area contributed by atoms with Gasteiger partial charge >= 0.3 is 5.97 Å². The maximum Gasteiger partial charge on any atom is 0.306 e. The van der Waals surface area contributed by atoms with E-state index in [-0.39, 0.29) is 70.4 Å². The van der Waals surface area contributed by atoms with Crippen molar-refractivity contribution >= 4 is 22.0 Å². The van der Waals surface area contributed by atoms with Gasteiger partial charge in [-0.3, -0.25) is 14.1 Å². The van der Waals surface area contributed by atoms with Gasteiger partial charge in [-0.15, -0.1) is 0 Å². The van der Waals surface area contributed by atoms with E-state index in [0.717, 1.165) is 89.9 Å². The number of ether oxygens (including phenoxy) is 1. The summed E-state index contributed by atoms with van der Waals surface area (Å²) in [4.78, 5) is 26.1. The van der Waals surface area contributed by atoms with Gasteiger partial charge in [-0.05, 0) is 208 Å². The highest BCUT2D eigenvalue weighted by Crippen LogP contribution is 2.70. The van der Waals surface area contributed by atoms with Gasteiger partial charge in [0.1, 0.15) is 6.10 Å². The summed E-state index contributed by atoms with van der Waals surface area (Å²) < 4.78 is 37.4. The Hall–Kier alpha value is -1.27. The Morgan fingerprint density at radius 1 is 0.639 bits per heavy atom. The molecule has 8 saturated carbocycles. The smallest absolute Gasteiger partial charge is 0.306 e. The average Bonchev–Trinajstić information content (AvgIpc) is 3.73. The zero-order valence-electron chi connectivity index (χ0n) is 38.5. The zero-order chi connectivity index (χ0) is 43.9. The number of esters is 1. The van der Waals surface area contributed by atoms with Gasteiger partial charge < -0.3 is 25.4 Å². The summed E-state index contributed by atoms with van der Waals surface area (Å²) in [6.45, 7) is 14.5.